The molecule has 2 aromatic heterocycles. The highest BCUT2D eigenvalue weighted by molar-refractivity contribution is 7.19. The normalized spacial score (nSPS) is 17.0. The number of nitrogens with one attached hydrogen (secondary N) is 1. The van der Waals surface area contributed by atoms with Gasteiger partial charge in [0.15, 0.2) is 5.82 Å². The van der Waals surface area contributed by atoms with Gasteiger partial charge in [0.25, 0.3) is 0 Å². The number of morpholine rings is 1. The lowest BCUT2D eigenvalue weighted by Crippen LogP contribution is -2.36. The standard InChI is InChI=1S/C21H22FN5OS/c1-13(14-5-6-17(16(22)11-14)27-7-9-28-10-8-27)25-26-20-19-15-3-2-4-18(15)29-21(19)24-12-23-20/h5-6,11-12H,2-4,7-10H2,1H3,(H,23,24,26)/b25-13-. The molecule has 5 rings (SSSR count). The maximum absolute atomic E-state index is 14.7. The Labute approximate surface area is 172 Å². The minimum atomic E-state index is -0.237. The van der Waals surface area contributed by atoms with Crippen molar-refractivity contribution in [3.63, 3.8) is 0 Å². The third-order valence-corrected chi connectivity index (χ3v) is 6.75. The molecule has 150 valence electrons. The van der Waals surface area contributed by atoms with Crippen molar-refractivity contribution in [2.24, 2.45) is 5.10 Å². The molecule has 3 aromatic rings. The smallest absolute Gasteiger partial charge is 0.158 e. The van der Waals surface area contributed by atoms with Gasteiger partial charge in [0.2, 0.25) is 0 Å². The number of ether oxygens (including phenoxy) is 1. The Morgan fingerprint density at radius 3 is 2.93 bits per heavy atom. The lowest BCUT2D eigenvalue weighted by molar-refractivity contribution is 0.122. The van der Waals surface area contributed by atoms with Crippen LogP contribution in [-0.2, 0) is 17.6 Å². The third-order valence-electron chi connectivity index (χ3n) is 5.55. The zero-order chi connectivity index (χ0) is 19.8. The number of aromatic nitrogens is 2. The van der Waals surface area contributed by atoms with E-state index in [9.17, 15) is 4.39 Å². The number of anilines is 2. The maximum atomic E-state index is 14.7. The molecule has 0 amide bonds. The number of nitrogens with zero attached hydrogens (tertiary/aromatic N) is 4. The van der Waals surface area contributed by atoms with Crippen LogP contribution in [0.5, 0.6) is 0 Å². The molecule has 0 bridgehead atoms. The van der Waals surface area contributed by atoms with Crippen LogP contribution in [0.3, 0.4) is 0 Å². The number of aryl methyl sites for hydroxylation is 2. The molecule has 1 aliphatic heterocycles. The number of fused-ring (bicyclic) bond motifs is 3. The second kappa shape index (κ2) is 7.68. The van der Waals surface area contributed by atoms with Gasteiger partial charge in [0.1, 0.15) is 17.0 Å². The minimum Gasteiger partial charge on any atom is -0.378 e. The van der Waals surface area contributed by atoms with Gasteiger partial charge < -0.3 is 9.64 Å². The van der Waals surface area contributed by atoms with Crippen LogP contribution >= 0.6 is 11.3 Å². The summed E-state index contributed by atoms with van der Waals surface area (Å²) < 4.78 is 20.0. The van der Waals surface area contributed by atoms with E-state index in [1.807, 2.05) is 24.0 Å². The van der Waals surface area contributed by atoms with Crippen LogP contribution in [0.2, 0.25) is 0 Å². The van der Waals surface area contributed by atoms with E-state index in [0.29, 0.717) is 37.7 Å². The largest absolute Gasteiger partial charge is 0.378 e. The second-order valence-corrected chi connectivity index (χ2v) is 8.42. The molecular weight excluding hydrogens is 389 g/mol. The van der Waals surface area contributed by atoms with Gasteiger partial charge in [0, 0.05) is 23.5 Å². The first-order valence-corrected chi connectivity index (χ1v) is 10.7. The summed E-state index contributed by atoms with van der Waals surface area (Å²) in [7, 11) is 0. The second-order valence-electron chi connectivity index (χ2n) is 7.33. The van der Waals surface area contributed by atoms with Gasteiger partial charge in [-0.15, -0.1) is 11.3 Å². The first kappa shape index (κ1) is 18.4. The van der Waals surface area contributed by atoms with Crippen molar-refractivity contribution in [3.8, 4) is 0 Å². The fourth-order valence-electron chi connectivity index (χ4n) is 4.01. The molecule has 0 unspecified atom stereocenters. The molecule has 1 N–H and O–H groups in total. The van der Waals surface area contributed by atoms with Gasteiger partial charge in [-0.05, 0) is 43.9 Å². The fourth-order valence-corrected chi connectivity index (χ4v) is 5.24. The number of halogens is 1. The monoisotopic (exact) mass is 411 g/mol. The maximum Gasteiger partial charge on any atom is 0.158 e. The number of hydrogen-bond acceptors (Lipinski definition) is 7. The van der Waals surface area contributed by atoms with Gasteiger partial charge in [-0.3, -0.25) is 5.43 Å². The highest BCUT2D eigenvalue weighted by Crippen LogP contribution is 2.39. The van der Waals surface area contributed by atoms with Crippen LogP contribution < -0.4 is 10.3 Å². The van der Waals surface area contributed by atoms with Gasteiger partial charge >= 0.3 is 0 Å². The Kier molecular flexibility index (Phi) is 4.89. The first-order chi connectivity index (χ1) is 14.2. The molecule has 1 fully saturated rings. The Bertz CT molecular complexity index is 1090. The summed E-state index contributed by atoms with van der Waals surface area (Å²) in [6.07, 6.45) is 4.93. The van der Waals surface area contributed by atoms with Crippen LogP contribution in [0.4, 0.5) is 15.9 Å². The molecule has 1 saturated heterocycles. The molecule has 1 aromatic carbocycles. The predicted octanol–water partition coefficient (Wildman–Crippen LogP) is 3.99. The van der Waals surface area contributed by atoms with E-state index in [4.69, 9.17) is 4.74 Å². The van der Waals surface area contributed by atoms with Crippen molar-refractivity contribution in [2.45, 2.75) is 26.2 Å². The lowest BCUT2D eigenvalue weighted by Gasteiger charge is -2.29. The van der Waals surface area contributed by atoms with Crippen molar-refractivity contribution in [1.29, 1.82) is 0 Å². The summed E-state index contributed by atoms with van der Waals surface area (Å²) in [6, 6.07) is 5.28. The van der Waals surface area contributed by atoms with Crippen molar-refractivity contribution < 1.29 is 9.13 Å². The minimum absolute atomic E-state index is 0.237. The zero-order valence-electron chi connectivity index (χ0n) is 16.2. The molecule has 1 aliphatic carbocycles. The van der Waals surface area contributed by atoms with Crippen LogP contribution in [0.15, 0.2) is 29.6 Å². The molecule has 6 nitrogen and oxygen atoms in total. The van der Waals surface area contributed by atoms with E-state index in [1.165, 1.54) is 16.9 Å². The van der Waals surface area contributed by atoms with Crippen molar-refractivity contribution in [3.05, 3.63) is 46.3 Å². The highest BCUT2D eigenvalue weighted by Gasteiger charge is 2.21. The van der Waals surface area contributed by atoms with Crippen LogP contribution in [0, 0.1) is 5.82 Å². The van der Waals surface area contributed by atoms with E-state index >= 15 is 0 Å². The van der Waals surface area contributed by atoms with Gasteiger partial charge in [-0.1, -0.05) is 6.07 Å². The van der Waals surface area contributed by atoms with E-state index in [0.717, 1.165) is 34.4 Å². The molecule has 0 saturated carbocycles. The Morgan fingerprint density at radius 1 is 1.24 bits per heavy atom. The van der Waals surface area contributed by atoms with Gasteiger partial charge in [-0.25, -0.2) is 14.4 Å². The summed E-state index contributed by atoms with van der Waals surface area (Å²) in [6.45, 7) is 4.54. The van der Waals surface area contributed by atoms with Crippen molar-refractivity contribution in [2.75, 3.05) is 36.6 Å². The third kappa shape index (κ3) is 3.47. The topological polar surface area (TPSA) is 62.6 Å². The number of rotatable bonds is 4. The van der Waals surface area contributed by atoms with E-state index in [1.54, 1.807) is 23.7 Å². The SMILES string of the molecule is C/C(=N/Nc1ncnc2sc3c(c12)CCC3)c1ccc(N2CCOCC2)c(F)c1. The summed E-state index contributed by atoms with van der Waals surface area (Å²) in [4.78, 5) is 13.2. The average Bonchev–Trinajstić information content (AvgIpc) is 3.34. The quantitative estimate of drug-likeness (QED) is 0.520. The molecule has 0 radical (unpaired) electrons. The summed E-state index contributed by atoms with van der Waals surface area (Å²) in [5.74, 6) is 0.484. The average molecular weight is 412 g/mol. The van der Waals surface area contributed by atoms with Crippen LogP contribution in [0.25, 0.3) is 10.2 Å². The highest BCUT2D eigenvalue weighted by atomic mass is 32.1. The fraction of sp³-hybridized carbons (Fsp3) is 0.381. The predicted molar refractivity (Wildman–Crippen MR) is 115 cm³/mol. The summed E-state index contributed by atoms with van der Waals surface area (Å²) >= 11 is 1.75. The van der Waals surface area contributed by atoms with Crippen molar-refractivity contribution >= 4 is 38.8 Å². The van der Waals surface area contributed by atoms with E-state index in [-0.39, 0.29) is 5.82 Å². The van der Waals surface area contributed by atoms with E-state index in [2.05, 4.69) is 20.5 Å². The van der Waals surface area contributed by atoms with Crippen LogP contribution in [0.1, 0.15) is 29.3 Å². The van der Waals surface area contributed by atoms with Gasteiger partial charge in [0.05, 0.1) is 30.0 Å². The molecule has 2 aliphatic rings. The molecule has 0 spiro atoms. The number of thiophene rings is 1. The number of hydrazone groups is 1. The van der Waals surface area contributed by atoms with Crippen LogP contribution in [-0.4, -0.2) is 42.0 Å². The molecule has 8 heteroatoms. The van der Waals surface area contributed by atoms with E-state index < -0.39 is 0 Å². The van der Waals surface area contributed by atoms with Gasteiger partial charge in [-0.2, -0.15) is 5.10 Å². The lowest BCUT2D eigenvalue weighted by atomic mass is 10.1. The molecule has 29 heavy (non-hydrogen) atoms. The van der Waals surface area contributed by atoms with Crippen molar-refractivity contribution in [1.82, 2.24) is 9.97 Å². The Morgan fingerprint density at radius 2 is 2.10 bits per heavy atom. The molecule has 0 atom stereocenters. The molecule has 3 heterocycles. The zero-order valence-corrected chi connectivity index (χ0v) is 17.1. The summed E-state index contributed by atoms with van der Waals surface area (Å²) in [5, 5.41) is 5.56. The number of benzene rings is 1. The first-order valence-electron chi connectivity index (χ1n) is 9.89. The summed E-state index contributed by atoms with van der Waals surface area (Å²) in [5.41, 5.74) is 6.51. The Balaban J connectivity index is 1.39. The molecular formula is C21H22FN5OS. The Hall–Kier alpha value is -2.58. The number of hydrogen-bond donors (Lipinski definition) is 1.